The van der Waals surface area contributed by atoms with E-state index >= 15 is 0 Å². The fraction of sp³-hybridized carbons (Fsp3) is 0.263. The molecule has 1 N–H and O–H groups in total. The molecule has 0 aliphatic carbocycles. The van der Waals surface area contributed by atoms with Crippen molar-refractivity contribution in [3.63, 3.8) is 0 Å². The molecule has 0 atom stereocenters. The van der Waals surface area contributed by atoms with Gasteiger partial charge in [0.15, 0.2) is 0 Å². The lowest BCUT2D eigenvalue weighted by molar-refractivity contribution is 0.0699. The highest BCUT2D eigenvalue weighted by atomic mass is 35.5. The Bertz CT molecular complexity index is 964. The molecule has 0 saturated heterocycles. The van der Waals surface area contributed by atoms with Crippen molar-refractivity contribution in [1.29, 1.82) is 0 Å². The number of hydrogen-bond donors (Lipinski definition) is 1. The zero-order valence-corrected chi connectivity index (χ0v) is 15.5. The topological polar surface area (TPSA) is 55.1 Å². The predicted molar refractivity (Wildman–Crippen MR) is 101 cm³/mol. The fourth-order valence-electron chi connectivity index (χ4n) is 3.01. The van der Waals surface area contributed by atoms with Crippen LogP contribution >= 0.6 is 23.2 Å². The first kappa shape index (κ1) is 17.8. The molecule has 0 unspecified atom stereocenters. The lowest BCUT2D eigenvalue weighted by Crippen LogP contribution is -2.07. The van der Waals surface area contributed by atoms with Crippen LogP contribution in [0.25, 0.3) is 16.7 Å². The third-order valence-corrected chi connectivity index (χ3v) is 4.82. The largest absolute Gasteiger partial charge is 0.478 e. The van der Waals surface area contributed by atoms with E-state index in [1.807, 2.05) is 29.7 Å². The molecule has 0 bridgehead atoms. The first-order chi connectivity index (χ1) is 12.0. The van der Waals surface area contributed by atoms with E-state index in [0.717, 1.165) is 30.7 Å². The van der Waals surface area contributed by atoms with Crippen LogP contribution in [0, 0.1) is 6.92 Å². The monoisotopic (exact) mass is 376 g/mol. The Morgan fingerprint density at radius 3 is 2.60 bits per heavy atom. The summed E-state index contributed by atoms with van der Waals surface area (Å²) >= 11 is 12.7. The molecule has 130 valence electrons. The van der Waals surface area contributed by atoms with E-state index in [1.165, 1.54) is 0 Å². The van der Waals surface area contributed by atoms with Crippen LogP contribution in [0.1, 0.15) is 41.5 Å². The molecule has 6 heteroatoms. The Labute approximate surface area is 156 Å². The highest BCUT2D eigenvalue weighted by molar-refractivity contribution is 6.35. The number of carbonyl (C=O) groups is 1. The van der Waals surface area contributed by atoms with Gasteiger partial charge >= 0.3 is 5.97 Å². The van der Waals surface area contributed by atoms with Crippen LogP contribution in [0.2, 0.25) is 10.0 Å². The Morgan fingerprint density at radius 1 is 1.24 bits per heavy atom. The summed E-state index contributed by atoms with van der Waals surface area (Å²) in [6.07, 6.45) is 2.69. The maximum absolute atomic E-state index is 11.9. The smallest absolute Gasteiger partial charge is 0.339 e. The van der Waals surface area contributed by atoms with E-state index in [-0.39, 0.29) is 10.6 Å². The Kier molecular flexibility index (Phi) is 5.02. The predicted octanol–water partition coefficient (Wildman–Crippen LogP) is 5.68. The summed E-state index contributed by atoms with van der Waals surface area (Å²) in [5.41, 5.74) is 2.75. The summed E-state index contributed by atoms with van der Waals surface area (Å²) < 4.78 is 1.84. The molecule has 4 nitrogen and oxygen atoms in total. The molecule has 0 amide bonds. The van der Waals surface area contributed by atoms with Crippen LogP contribution in [0.4, 0.5) is 0 Å². The number of fused-ring (bicyclic) bond motifs is 1. The minimum Gasteiger partial charge on any atom is -0.478 e. The SMILES string of the molecule is CCCCc1nc2c(C)cc(Cl)c(C(=O)O)c2n1-c1ccccc1Cl. The number of hydrogen-bond acceptors (Lipinski definition) is 2. The van der Waals surface area contributed by atoms with Gasteiger partial charge in [0.05, 0.1) is 26.8 Å². The molecule has 0 saturated carbocycles. The highest BCUT2D eigenvalue weighted by Gasteiger charge is 2.24. The van der Waals surface area contributed by atoms with Crippen LogP contribution in [0.15, 0.2) is 30.3 Å². The van der Waals surface area contributed by atoms with Crippen molar-refractivity contribution in [3.05, 3.63) is 57.3 Å². The summed E-state index contributed by atoms with van der Waals surface area (Å²) in [6.45, 7) is 3.99. The van der Waals surface area contributed by atoms with Crippen molar-refractivity contribution in [2.45, 2.75) is 33.1 Å². The Morgan fingerprint density at radius 2 is 1.96 bits per heavy atom. The van der Waals surface area contributed by atoms with Crippen molar-refractivity contribution in [1.82, 2.24) is 9.55 Å². The van der Waals surface area contributed by atoms with E-state index in [9.17, 15) is 9.90 Å². The number of aromatic carboxylic acids is 1. The number of benzene rings is 2. The summed E-state index contributed by atoms with van der Waals surface area (Å²) in [5.74, 6) is -0.289. The number of halogens is 2. The number of para-hydroxylation sites is 1. The molecule has 0 fully saturated rings. The number of imidazole rings is 1. The molecular formula is C19H18Cl2N2O2. The zero-order chi connectivity index (χ0) is 18.1. The first-order valence-electron chi connectivity index (χ1n) is 8.14. The number of carboxylic acids is 1. The van der Waals surface area contributed by atoms with Crippen molar-refractivity contribution in [3.8, 4) is 5.69 Å². The molecule has 1 heterocycles. The lowest BCUT2D eigenvalue weighted by atomic mass is 10.1. The number of carboxylic acid groups (broad SMARTS) is 1. The minimum absolute atomic E-state index is 0.0532. The van der Waals surface area contributed by atoms with Gasteiger partial charge in [0.1, 0.15) is 11.4 Å². The number of aryl methyl sites for hydroxylation is 2. The van der Waals surface area contributed by atoms with Gasteiger partial charge < -0.3 is 5.11 Å². The van der Waals surface area contributed by atoms with Gasteiger partial charge in [0, 0.05) is 6.42 Å². The molecule has 2 aromatic carbocycles. The average molecular weight is 377 g/mol. The second-order valence-corrected chi connectivity index (χ2v) is 6.79. The molecule has 0 aliphatic rings. The quantitative estimate of drug-likeness (QED) is 0.622. The molecule has 25 heavy (non-hydrogen) atoms. The number of unbranched alkanes of at least 4 members (excludes halogenated alkanes) is 1. The van der Waals surface area contributed by atoms with Gasteiger partial charge in [-0.25, -0.2) is 9.78 Å². The average Bonchev–Trinajstić information content (AvgIpc) is 2.92. The minimum atomic E-state index is -1.08. The van der Waals surface area contributed by atoms with Gasteiger partial charge in [-0.1, -0.05) is 48.7 Å². The second-order valence-electron chi connectivity index (χ2n) is 5.97. The summed E-state index contributed by atoms with van der Waals surface area (Å²) in [7, 11) is 0. The molecular weight excluding hydrogens is 359 g/mol. The second kappa shape index (κ2) is 7.06. The number of nitrogens with zero attached hydrogens (tertiary/aromatic N) is 2. The van der Waals surface area contributed by atoms with Crippen LogP contribution in [0.5, 0.6) is 0 Å². The molecule has 0 aliphatic heterocycles. The molecule has 0 radical (unpaired) electrons. The Hall–Kier alpha value is -2.04. The van der Waals surface area contributed by atoms with Gasteiger partial charge in [0.25, 0.3) is 0 Å². The molecule has 3 aromatic rings. The normalized spacial score (nSPS) is 11.2. The van der Waals surface area contributed by atoms with E-state index in [4.69, 9.17) is 28.2 Å². The fourth-order valence-corrected chi connectivity index (χ4v) is 3.57. The Balaban J connectivity index is 2.46. The van der Waals surface area contributed by atoms with Crippen LogP contribution < -0.4 is 0 Å². The van der Waals surface area contributed by atoms with Crippen LogP contribution in [-0.4, -0.2) is 20.6 Å². The van der Waals surface area contributed by atoms with Gasteiger partial charge in [-0.2, -0.15) is 0 Å². The van der Waals surface area contributed by atoms with Crippen molar-refractivity contribution in [2.24, 2.45) is 0 Å². The van der Waals surface area contributed by atoms with Crippen molar-refractivity contribution >= 4 is 40.2 Å². The number of rotatable bonds is 5. The van der Waals surface area contributed by atoms with Gasteiger partial charge in [-0.3, -0.25) is 4.57 Å². The highest BCUT2D eigenvalue weighted by Crippen LogP contribution is 2.34. The molecule has 1 aromatic heterocycles. The van der Waals surface area contributed by atoms with E-state index in [0.29, 0.717) is 21.7 Å². The van der Waals surface area contributed by atoms with E-state index in [2.05, 4.69) is 6.92 Å². The van der Waals surface area contributed by atoms with E-state index < -0.39 is 5.97 Å². The number of aromatic nitrogens is 2. The lowest BCUT2D eigenvalue weighted by Gasteiger charge is -2.13. The van der Waals surface area contributed by atoms with Crippen LogP contribution in [-0.2, 0) is 6.42 Å². The third-order valence-electron chi connectivity index (χ3n) is 4.20. The van der Waals surface area contributed by atoms with Gasteiger partial charge in [-0.05, 0) is 37.1 Å². The van der Waals surface area contributed by atoms with Crippen molar-refractivity contribution in [2.75, 3.05) is 0 Å². The maximum Gasteiger partial charge on any atom is 0.339 e. The first-order valence-corrected chi connectivity index (χ1v) is 8.90. The van der Waals surface area contributed by atoms with Crippen molar-refractivity contribution < 1.29 is 9.90 Å². The molecule has 3 rings (SSSR count). The van der Waals surface area contributed by atoms with Crippen LogP contribution in [0.3, 0.4) is 0 Å². The van der Waals surface area contributed by atoms with Gasteiger partial charge in [0.2, 0.25) is 0 Å². The standard InChI is InChI=1S/C19H18Cl2N2O2/c1-3-4-9-15-22-17-11(2)10-13(21)16(19(24)25)18(17)23(15)14-8-6-5-7-12(14)20/h5-8,10H,3-4,9H2,1-2H3,(H,24,25). The van der Waals surface area contributed by atoms with E-state index in [1.54, 1.807) is 12.1 Å². The third kappa shape index (κ3) is 3.12. The van der Waals surface area contributed by atoms with Gasteiger partial charge in [-0.15, -0.1) is 0 Å². The molecule has 0 spiro atoms. The maximum atomic E-state index is 11.9. The summed E-state index contributed by atoms with van der Waals surface area (Å²) in [5, 5.41) is 10.5. The summed E-state index contributed by atoms with van der Waals surface area (Å²) in [4.78, 5) is 16.6. The summed E-state index contributed by atoms with van der Waals surface area (Å²) in [6, 6.07) is 9.01. The zero-order valence-electron chi connectivity index (χ0n) is 14.0.